The Morgan fingerprint density at radius 2 is 2.00 bits per heavy atom. The minimum Gasteiger partial charge on any atom is -0.489 e. The largest absolute Gasteiger partial charge is 0.489 e. The van der Waals surface area contributed by atoms with Crippen LogP contribution in [0.2, 0.25) is 0 Å². The van der Waals surface area contributed by atoms with E-state index in [0.29, 0.717) is 5.92 Å². The number of nitrogens with zero attached hydrogens (tertiary/aromatic N) is 3. The zero-order valence-electron chi connectivity index (χ0n) is 17.2. The fourth-order valence-electron chi connectivity index (χ4n) is 3.82. The average molecular weight is 502 g/mol. The van der Waals surface area contributed by atoms with Gasteiger partial charge in [0, 0.05) is 39.8 Å². The van der Waals surface area contributed by atoms with Crippen molar-refractivity contribution in [1.29, 1.82) is 0 Å². The highest BCUT2D eigenvalue weighted by Crippen LogP contribution is 2.18. The molecule has 0 bridgehead atoms. The highest BCUT2D eigenvalue weighted by molar-refractivity contribution is 14.0. The van der Waals surface area contributed by atoms with Gasteiger partial charge in [-0.15, -0.1) is 24.0 Å². The molecular weight excluding hydrogens is 467 g/mol. The Balaban J connectivity index is 0.00000280. The summed E-state index contributed by atoms with van der Waals surface area (Å²) in [5.41, 5.74) is 0. The zero-order valence-corrected chi connectivity index (χ0v) is 19.5. The first-order chi connectivity index (χ1) is 13.3. The van der Waals surface area contributed by atoms with E-state index in [1.54, 1.807) is 0 Å². The molecule has 1 aromatic carbocycles. The lowest BCUT2D eigenvalue weighted by molar-refractivity contribution is 0.0315. The molecule has 1 N–H and O–H groups in total. The summed E-state index contributed by atoms with van der Waals surface area (Å²) in [6.45, 7) is 10.1. The SMILES string of the molecule is CCC(CNC(=NC)N1CCC(CN2CCOCC2)C1)Oc1ccccc1.I. The van der Waals surface area contributed by atoms with Crippen LogP contribution in [0.15, 0.2) is 35.3 Å². The van der Waals surface area contributed by atoms with Crippen LogP contribution in [0.1, 0.15) is 19.8 Å². The number of rotatable bonds is 7. The molecule has 2 fully saturated rings. The van der Waals surface area contributed by atoms with E-state index in [4.69, 9.17) is 9.47 Å². The van der Waals surface area contributed by atoms with Gasteiger partial charge in [0.2, 0.25) is 0 Å². The monoisotopic (exact) mass is 502 g/mol. The summed E-state index contributed by atoms with van der Waals surface area (Å²) >= 11 is 0. The maximum atomic E-state index is 6.09. The number of guanidine groups is 1. The van der Waals surface area contributed by atoms with Crippen LogP contribution in [0, 0.1) is 5.92 Å². The van der Waals surface area contributed by atoms with Crippen molar-refractivity contribution in [3.05, 3.63) is 30.3 Å². The molecule has 158 valence electrons. The third-order valence-corrected chi connectivity index (χ3v) is 5.41. The van der Waals surface area contributed by atoms with Crippen LogP contribution in [-0.4, -0.2) is 81.4 Å². The molecule has 0 aliphatic carbocycles. The van der Waals surface area contributed by atoms with E-state index in [1.807, 2.05) is 37.4 Å². The van der Waals surface area contributed by atoms with Crippen LogP contribution in [0.25, 0.3) is 0 Å². The Labute approximate surface area is 186 Å². The van der Waals surface area contributed by atoms with Gasteiger partial charge in [0.25, 0.3) is 0 Å². The van der Waals surface area contributed by atoms with E-state index >= 15 is 0 Å². The van der Waals surface area contributed by atoms with Crippen molar-refractivity contribution in [3.8, 4) is 5.75 Å². The third-order valence-electron chi connectivity index (χ3n) is 5.41. The van der Waals surface area contributed by atoms with Crippen LogP contribution in [0.5, 0.6) is 5.75 Å². The first kappa shape index (κ1) is 23.2. The number of benzene rings is 1. The maximum absolute atomic E-state index is 6.09. The van der Waals surface area contributed by atoms with Crippen molar-refractivity contribution < 1.29 is 9.47 Å². The summed E-state index contributed by atoms with van der Waals surface area (Å²) in [6.07, 6.45) is 2.32. The summed E-state index contributed by atoms with van der Waals surface area (Å²) in [7, 11) is 1.87. The first-order valence-electron chi connectivity index (χ1n) is 10.3. The normalized spacial score (nSPS) is 21.9. The van der Waals surface area contributed by atoms with E-state index in [-0.39, 0.29) is 30.1 Å². The number of likely N-dealkylation sites (tertiary alicyclic amines) is 1. The van der Waals surface area contributed by atoms with Crippen molar-refractivity contribution in [1.82, 2.24) is 15.1 Å². The maximum Gasteiger partial charge on any atom is 0.193 e. The molecule has 2 atom stereocenters. The summed E-state index contributed by atoms with van der Waals surface area (Å²) in [4.78, 5) is 9.43. The Bertz CT molecular complexity index is 581. The second-order valence-corrected chi connectivity index (χ2v) is 7.40. The average Bonchev–Trinajstić information content (AvgIpc) is 3.17. The van der Waals surface area contributed by atoms with Crippen LogP contribution >= 0.6 is 24.0 Å². The first-order valence-corrected chi connectivity index (χ1v) is 10.3. The van der Waals surface area contributed by atoms with E-state index in [0.717, 1.165) is 64.1 Å². The molecule has 2 heterocycles. The number of hydrogen-bond donors (Lipinski definition) is 1. The highest BCUT2D eigenvalue weighted by atomic mass is 127. The topological polar surface area (TPSA) is 49.3 Å². The smallest absolute Gasteiger partial charge is 0.193 e. The Morgan fingerprint density at radius 1 is 1.25 bits per heavy atom. The Kier molecular flexibility index (Phi) is 10.4. The standard InChI is InChI=1S/C21H34N4O2.HI/c1-3-19(27-20-7-5-4-6-8-20)15-23-21(22-2)25-10-9-18(17-25)16-24-11-13-26-14-12-24;/h4-8,18-19H,3,9-17H2,1-2H3,(H,22,23);1H. The van der Waals surface area contributed by atoms with Gasteiger partial charge in [-0.05, 0) is 30.9 Å². The van der Waals surface area contributed by atoms with Gasteiger partial charge in [0.1, 0.15) is 11.9 Å². The lowest BCUT2D eigenvalue weighted by Crippen LogP contribution is -2.45. The fraction of sp³-hybridized carbons (Fsp3) is 0.667. The molecule has 0 radical (unpaired) electrons. The van der Waals surface area contributed by atoms with Gasteiger partial charge >= 0.3 is 0 Å². The van der Waals surface area contributed by atoms with Gasteiger partial charge in [0.05, 0.1) is 19.8 Å². The second-order valence-electron chi connectivity index (χ2n) is 7.40. The van der Waals surface area contributed by atoms with Crippen LogP contribution < -0.4 is 10.1 Å². The predicted octanol–water partition coefficient (Wildman–Crippen LogP) is 2.69. The van der Waals surface area contributed by atoms with Gasteiger partial charge in [-0.3, -0.25) is 9.89 Å². The molecule has 2 saturated heterocycles. The van der Waals surface area contributed by atoms with Gasteiger partial charge in [-0.25, -0.2) is 0 Å². The lowest BCUT2D eigenvalue weighted by atomic mass is 10.1. The Hall–Kier alpha value is -1.06. The van der Waals surface area contributed by atoms with Gasteiger partial charge in [-0.2, -0.15) is 0 Å². The highest BCUT2D eigenvalue weighted by Gasteiger charge is 2.27. The van der Waals surface area contributed by atoms with Crippen molar-refractivity contribution in [2.75, 3.05) is 59.5 Å². The van der Waals surface area contributed by atoms with Crippen LogP contribution in [0.4, 0.5) is 0 Å². The number of aliphatic imine (C=N–C) groups is 1. The van der Waals surface area contributed by atoms with Crippen molar-refractivity contribution in [2.45, 2.75) is 25.9 Å². The van der Waals surface area contributed by atoms with Crippen LogP contribution in [0.3, 0.4) is 0 Å². The number of hydrogen-bond acceptors (Lipinski definition) is 4. The number of para-hydroxylation sites is 1. The summed E-state index contributed by atoms with van der Waals surface area (Å²) < 4.78 is 11.5. The summed E-state index contributed by atoms with van der Waals surface area (Å²) in [5.74, 6) is 2.63. The van der Waals surface area contributed by atoms with E-state index in [1.165, 1.54) is 13.0 Å². The molecule has 0 spiro atoms. The number of nitrogens with one attached hydrogen (secondary N) is 1. The van der Waals surface area contributed by atoms with Gasteiger partial charge in [0.15, 0.2) is 5.96 Å². The van der Waals surface area contributed by atoms with Gasteiger partial charge < -0.3 is 19.7 Å². The molecule has 7 heteroatoms. The molecule has 1 aromatic rings. The molecule has 6 nitrogen and oxygen atoms in total. The van der Waals surface area contributed by atoms with Gasteiger partial charge in [-0.1, -0.05) is 25.1 Å². The van der Waals surface area contributed by atoms with E-state index in [2.05, 4.69) is 27.0 Å². The number of halogens is 1. The third kappa shape index (κ3) is 7.08. The van der Waals surface area contributed by atoms with Crippen molar-refractivity contribution >= 4 is 29.9 Å². The second kappa shape index (κ2) is 12.5. The van der Waals surface area contributed by atoms with E-state index < -0.39 is 0 Å². The number of morpholine rings is 1. The summed E-state index contributed by atoms with van der Waals surface area (Å²) in [5, 5.41) is 3.52. The molecule has 28 heavy (non-hydrogen) atoms. The number of ether oxygens (including phenoxy) is 2. The minimum absolute atomic E-state index is 0. The zero-order chi connectivity index (χ0) is 18.9. The predicted molar refractivity (Wildman–Crippen MR) is 125 cm³/mol. The fourth-order valence-corrected chi connectivity index (χ4v) is 3.82. The Morgan fingerprint density at radius 3 is 2.68 bits per heavy atom. The van der Waals surface area contributed by atoms with Crippen molar-refractivity contribution in [2.24, 2.45) is 10.9 Å². The molecule has 3 rings (SSSR count). The molecule has 2 aliphatic rings. The molecule has 0 amide bonds. The molecule has 0 saturated carbocycles. The molecule has 0 aromatic heterocycles. The summed E-state index contributed by atoms with van der Waals surface area (Å²) in [6, 6.07) is 10.0. The lowest BCUT2D eigenvalue weighted by Gasteiger charge is -2.29. The minimum atomic E-state index is 0. The van der Waals surface area contributed by atoms with Crippen LogP contribution in [-0.2, 0) is 4.74 Å². The molecular formula is C21H35IN4O2. The molecule has 2 unspecified atom stereocenters. The molecule has 2 aliphatic heterocycles. The van der Waals surface area contributed by atoms with E-state index in [9.17, 15) is 0 Å². The van der Waals surface area contributed by atoms with Crippen molar-refractivity contribution in [3.63, 3.8) is 0 Å². The quantitative estimate of drug-likeness (QED) is 0.353.